The van der Waals surface area contributed by atoms with Crippen LogP contribution in [0.1, 0.15) is 10.4 Å². The maximum atomic E-state index is 12.3. The first-order valence-electron chi connectivity index (χ1n) is 6.71. The molecule has 4 nitrogen and oxygen atoms in total. The molecule has 0 bridgehead atoms. The van der Waals surface area contributed by atoms with Gasteiger partial charge in [-0.05, 0) is 30.3 Å². The predicted molar refractivity (Wildman–Crippen MR) is 92.9 cm³/mol. The number of aromatic nitrogens is 3. The lowest BCUT2D eigenvalue weighted by atomic mass is 10.1. The highest BCUT2D eigenvalue weighted by atomic mass is 35.5. The third-order valence-electron chi connectivity index (χ3n) is 3.12. The Morgan fingerprint density at radius 1 is 1.09 bits per heavy atom. The van der Waals surface area contributed by atoms with E-state index in [1.165, 1.54) is 11.8 Å². The molecule has 0 unspecified atom stereocenters. The van der Waals surface area contributed by atoms with Crippen LogP contribution in [0.2, 0.25) is 10.0 Å². The van der Waals surface area contributed by atoms with Crippen molar-refractivity contribution in [2.24, 2.45) is 0 Å². The molecule has 1 heterocycles. The highest BCUT2D eigenvalue weighted by molar-refractivity contribution is 7.99. The van der Waals surface area contributed by atoms with Gasteiger partial charge in [0.05, 0.1) is 15.8 Å². The van der Waals surface area contributed by atoms with E-state index in [2.05, 4.69) is 10.2 Å². The van der Waals surface area contributed by atoms with Crippen molar-refractivity contribution in [3.05, 3.63) is 70.5 Å². The van der Waals surface area contributed by atoms with Crippen LogP contribution in [0.15, 0.2) is 60.0 Å². The Bertz CT molecular complexity index is 836. The van der Waals surface area contributed by atoms with Gasteiger partial charge in [0.2, 0.25) is 0 Å². The van der Waals surface area contributed by atoms with Gasteiger partial charge in [0.25, 0.3) is 0 Å². The molecular formula is C16H11Cl2N3OS. The van der Waals surface area contributed by atoms with Crippen LogP contribution < -0.4 is 0 Å². The second-order valence-electron chi connectivity index (χ2n) is 4.66. The van der Waals surface area contributed by atoms with E-state index in [1.807, 2.05) is 34.9 Å². The van der Waals surface area contributed by atoms with Gasteiger partial charge in [-0.3, -0.25) is 9.36 Å². The molecule has 0 saturated heterocycles. The SMILES string of the molecule is O=C(CSc1nncn1-c1ccccc1)c1ccc(Cl)c(Cl)c1. The van der Waals surface area contributed by atoms with Crippen LogP contribution >= 0.6 is 35.0 Å². The number of para-hydroxylation sites is 1. The van der Waals surface area contributed by atoms with Crippen molar-refractivity contribution in [2.45, 2.75) is 5.16 Å². The van der Waals surface area contributed by atoms with Gasteiger partial charge in [0, 0.05) is 11.3 Å². The Balaban J connectivity index is 1.73. The van der Waals surface area contributed by atoms with Crippen LogP contribution in [0.3, 0.4) is 0 Å². The van der Waals surface area contributed by atoms with E-state index in [0.717, 1.165) is 5.69 Å². The Morgan fingerprint density at radius 2 is 1.87 bits per heavy atom. The molecule has 0 saturated carbocycles. The normalized spacial score (nSPS) is 10.7. The summed E-state index contributed by atoms with van der Waals surface area (Å²) in [5.74, 6) is 0.194. The minimum Gasteiger partial charge on any atom is -0.293 e. The first-order chi connectivity index (χ1) is 11.1. The maximum absolute atomic E-state index is 12.3. The van der Waals surface area contributed by atoms with E-state index in [9.17, 15) is 4.79 Å². The number of carbonyl (C=O) groups is 1. The summed E-state index contributed by atoms with van der Waals surface area (Å²) < 4.78 is 1.84. The fourth-order valence-corrected chi connectivity index (χ4v) is 3.09. The Kier molecular flexibility index (Phi) is 5.00. The van der Waals surface area contributed by atoms with Crippen molar-refractivity contribution in [2.75, 3.05) is 5.75 Å². The van der Waals surface area contributed by atoms with Crippen molar-refractivity contribution >= 4 is 40.7 Å². The number of nitrogens with zero attached hydrogens (tertiary/aromatic N) is 3. The van der Waals surface area contributed by atoms with Gasteiger partial charge in [-0.25, -0.2) is 0 Å². The summed E-state index contributed by atoms with van der Waals surface area (Å²) in [5.41, 5.74) is 1.47. The molecule has 3 aromatic rings. The van der Waals surface area contributed by atoms with Gasteiger partial charge >= 0.3 is 0 Å². The Hall–Kier alpha value is -1.82. The van der Waals surface area contributed by atoms with E-state index in [-0.39, 0.29) is 11.5 Å². The van der Waals surface area contributed by atoms with Gasteiger partial charge in [-0.15, -0.1) is 10.2 Å². The number of thioether (sulfide) groups is 1. The number of benzene rings is 2. The molecule has 0 aliphatic rings. The van der Waals surface area contributed by atoms with E-state index in [4.69, 9.17) is 23.2 Å². The molecule has 23 heavy (non-hydrogen) atoms. The quantitative estimate of drug-likeness (QED) is 0.492. The molecule has 3 rings (SSSR count). The average molecular weight is 364 g/mol. The summed E-state index contributed by atoms with van der Waals surface area (Å²) >= 11 is 13.1. The van der Waals surface area contributed by atoms with Crippen molar-refractivity contribution in [1.82, 2.24) is 14.8 Å². The molecule has 7 heteroatoms. The van der Waals surface area contributed by atoms with Crippen LogP contribution in [0, 0.1) is 0 Å². The molecular weight excluding hydrogens is 353 g/mol. The van der Waals surface area contributed by atoms with Crippen LogP contribution in [0.4, 0.5) is 0 Å². The molecule has 0 radical (unpaired) electrons. The number of ketones is 1. The molecule has 1 aromatic heterocycles. The second-order valence-corrected chi connectivity index (χ2v) is 6.42. The topological polar surface area (TPSA) is 47.8 Å². The summed E-state index contributed by atoms with van der Waals surface area (Å²) in [6, 6.07) is 14.6. The molecule has 0 spiro atoms. The number of Topliss-reactive ketones (excluding diaryl/α,β-unsaturated/α-hetero) is 1. The molecule has 0 aliphatic heterocycles. The summed E-state index contributed by atoms with van der Waals surface area (Å²) in [7, 11) is 0. The van der Waals surface area contributed by atoms with E-state index < -0.39 is 0 Å². The fourth-order valence-electron chi connectivity index (χ4n) is 1.97. The van der Waals surface area contributed by atoms with E-state index >= 15 is 0 Å². The molecule has 116 valence electrons. The zero-order valence-electron chi connectivity index (χ0n) is 11.8. The number of rotatable bonds is 5. The molecule has 0 fully saturated rings. The largest absolute Gasteiger partial charge is 0.293 e. The van der Waals surface area contributed by atoms with Crippen LogP contribution in [0.5, 0.6) is 0 Å². The molecule has 0 amide bonds. The highest BCUT2D eigenvalue weighted by Crippen LogP contribution is 2.25. The van der Waals surface area contributed by atoms with Gasteiger partial charge in [0.15, 0.2) is 10.9 Å². The first-order valence-corrected chi connectivity index (χ1v) is 8.46. The van der Waals surface area contributed by atoms with E-state index in [1.54, 1.807) is 24.5 Å². The molecule has 0 atom stereocenters. The van der Waals surface area contributed by atoms with Crippen molar-refractivity contribution < 1.29 is 4.79 Å². The van der Waals surface area contributed by atoms with Gasteiger partial charge in [-0.2, -0.15) is 0 Å². The lowest BCUT2D eigenvalue weighted by Crippen LogP contribution is -2.04. The van der Waals surface area contributed by atoms with E-state index in [0.29, 0.717) is 20.8 Å². The predicted octanol–water partition coefficient (Wildman–Crippen LogP) is 4.55. The zero-order valence-corrected chi connectivity index (χ0v) is 14.1. The maximum Gasteiger partial charge on any atom is 0.196 e. The van der Waals surface area contributed by atoms with Gasteiger partial charge < -0.3 is 0 Å². The van der Waals surface area contributed by atoms with Crippen LogP contribution in [-0.2, 0) is 0 Å². The molecule has 2 aromatic carbocycles. The summed E-state index contributed by atoms with van der Waals surface area (Å²) in [5, 5.41) is 9.44. The lowest BCUT2D eigenvalue weighted by molar-refractivity contribution is 0.102. The standard InChI is InChI=1S/C16H11Cl2N3OS/c17-13-7-6-11(8-14(13)18)15(22)9-23-16-20-19-10-21(16)12-4-2-1-3-5-12/h1-8,10H,9H2. The van der Waals surface area contributed by atoms with Crippen molar-refractivity contribution in [1.29, 1.82) is 0 Å². The second kappa shape index (κ2) is 7.17. The molecule has 0 aliphatic carbocycles. The summed E-state index contributed by atoms with van der Waals surface area (Å²) in [6.07, 6.45) is 1.63. The Morgan fingerprint density at radius 3 is 2.61 bits per heavy atom. The third kappa shape index (κ3) is 3.75. The monoisotopic (exact) mass is 363 g/mol. The highest BCUT2D eigenvalue weighted by Gasteiger charge is 2.12. The zero-order chi connectivity index (χ0) is 16.2. The third-order valence-corrected chi connectivity index (χ3v) is 4.81. The molecule has 0 N–H and O–H groups in total. The van der Waals surface area contributed by atoms with Crippen LogP contribution in [0.25, 0.3) is 5.69 Å². The number of hydrogen-bond donors (Lipinski definition) is 0. The minimum atomic E-state index is -0.0452. The average Bonchev–Trinajstić information content (AvgIpc) is 3.04. The smallest absolute Gasteiger partial charge is 0.196 e. The summed E-state index contributed by atoms with van der Waals surface area (Å²) in [6.45, 7) is 0. The number of carbonyl (C=O) groups excluding carboxylic acids is 1. The number of halogens is 2. The van der Waals surface area contributed by atoms with Crippen molar-refractivity contribution in [3.8, 4) is 5.69 Å². The van der Waals surface area contributed by atoms with Gasteiger partial charge in [0.1, 0.15) is 6.33 Å². The minimum absolute atomic E-state index is 0.0452. The fraction of sp³-hybridized carbons (Fsp3) is 0.0625. The lowest BCUT2D eigenvalue weighted by Gasteiger charge is -2.06. The van der Waals surface area contributed by atoms with Crippen molar-refractivity contribution in [3.63, 3.8) is 0 Å². The summed E-state index contributed by atoms with van der Waals surface area (Å²) in [4.78, 5) is 12.3. The Labute approximate surface area is 147 Å². The first kappa shape index (κ1) is 16.1. The number of hydrogen-bond acceptors (Lipinski definition) is 4. The van der Waals surface area contributed by atoms with Crippen LogP contribution in [-0.4, -0.2) is 26.3 Å². The van der Waals surface area contributed by atoms with Gasteiger partial charge in [-0.1, -0.05) is 53.2 Å².